The fourth-order valence-electron chi connectivity index (χ4n) is 8.91. The Morgan fingerprint density at radius 3 is 1.56 bits per heavy atom. The Morgan fingerprint density at radius 1 is 0.704 bits per heavy atom. The number of nitrogens with one attached hydrogen (secondary N) is 1. The lowest BCUT2D eigenvalue weighted by molar-refractivity contribution is -0.0473. The van der Waals surface area contributed by atoms with E-state index in [4.69, 9.17) is 5.73 Å². The lowest BCUT2D eigenvalue weighted by Crippen LogP contribution is -2.64. The van der Waals surface area contributed by atoms with Gasteiger partial charge < -0.3 is 5.73 Å². The van der Waals surface area contributed by atoms with Gasteiger partial charge in [-0.05, 0) is 124 Å². The summed E-state index contributed by atoms with van der Waals surface area (Å²) >= 11 is 0. The summed E-state index contributed by atoms with van der Waals surface area (Å²) in [5.74, 6) is 7.28. The van der Waals surface area contributed by atoms with Crippen LogP contribution in [-0.4, -0.2) is 17.6 Å². The maximum atomic E-state index is 9.71. The SMILES string of the molecule is N#CC1(NC2CC2)C2CC3CC(C2)CC1C3.NC1C2CC3CC(C2)CC1C3. The molecule has 9 aliphatic carbocycles. The first-order valence-corrected chi connectivity index (χ1v) is 12.1. The molecule has 0 heterocycles. The van der Waals surface area contributed by atoms with Crippen molar-refractivity contribution in [3.05, 3.63) is 0 Å². The van der Waals surface area contributed by atoms with Crippen LogP contribution in [0.4, 0.5) is 0 Å². The average Bonchev–Trinajstić information content (AvgIpc) is 3.46. The van der Waals surface area contributed by atoms with Gasteiger partial charge in [-0.2, -0.15) is 5.26 Å². The third-order valence-electron chi connectivity index (χ3n) is 9.93. The molecule has 9 aliphatic rings. The molecule has 0 spiro atoms. The first-order chi connectivity index (χ1) is 13.1. The van der Waals surface area contributed by atoms with Gasteiger partial charge in [-0.15, -0.1) is 0 Å². The van der Waals surface area contributed by atoms with E-state index in [-0.39, 0.29) is 5.54 Å². The Kier molecular flexibility index (Phi) is 3.97. The molecule has 0 aromatic rings. The monoisotopic (exact) mass is 367 g/mol. The van der Waals surface area contributed by atoms with Gasteiger partial charge in [0.2, 0.25) is 0 Å². The van der Waals surface area contributed by atoms with Crippen molar-refractivity contribution in [2.24, 2.45) is 53.1 Å². The Hall–Kier alpha value is -0.590. The molecule has 0 radical (unpaired) electrons. The molecule has 9 fully saturated rings. The molecule has 148 valence electrons. The summed E-state index contributed by atoms with van der Waals surface area (Å²) in [5.41, 5.74) is 6.05. The van der Waals surface area contributed by atoms with Crippen molar-refractivity contribution in [3.63, 3.8) is 0 Å². The van der Waals surface area contributed by atoms with Crippen molar-refractivity contribution in [2.45, 2.75) is 94.7 Å². The van der Waals surface area contributed by atoms with E-state index in [0.717, 1.165) is 35.5 Å². The highest BCUT2D eigenvalue weighted by atomic mass is 15.1. The van der Waals surface area contributed by atoms with Gasteiger partial charge in [-0.25, -0.2) is 0 Å². The third kappa shape index (κ3) is 2.81. The Balaban J connectivity index is 0.000000116. The topological polar surface area (TPSA) is 61.8 Å². The highest BCUT2D eigenvalue weighted by molar-refractivity contribution is 5.22. The van der Waals surface area contributed by atoms with Crippen LogP contribution in [0, 0.1) is 58.7 Å². The second-order valence-electron chi connectivity index (χ2n) is 11.7. The van der Waals surface area contributed by atoms with E-state index in [2.05, 4.69) is 11.4 Å². The number of rotatable bonds is 2. The van der Waals surface area contributed by atoms with Crippen LogP contribution in [0.25, 0.3) is 0 Å². The van der Waals surface area contributed by atoms with Crippen LogP contribution in [0.3, 0.4) is 0 Å². The Morgan fingerprint density at radius 2 is 1.15 bits per heavy atom. The third-order valence-corrected chi connectivity index (χ3v) is 9.93. The van der Waals surface area contributed by atoms with E-state index in [9.17, 15) is 5.26 Å². The molecule has 8 bridgehead atoms. The van der Waals surface area contributed by atoms with E-state index < -0.39 is 0 Å². The molecule has 9 rings (SSSR count). The predicted octanol–water partition coefficient (Wildman–Crippen LogP) is 4.23. The highest BCUT2D eigenvalue weighted by Gasteiger charge is 2.58. The lowest BCUT2D eigenvalue weighted by atomic mass is 9.49. The molecule has 0 atom stereocenters. The summed E-state index contributed by atoms with van der Waals surface area (Å²) in [6.45, 7) is 0. The van der Waals surface area contributed by atoms with Crippen molar-refractivity contribution in [3.8, 4) is 6.07 Å². The summed E-state index contributed by atoms with van der Waals surface area (Å²) in [7, 11) is 0. The van der Waals surface area contributed by atoms with Gasteiger partial charge in [0.05, 0.1) is 6.07 Å². The zero-order valence-corrected chi connectivity index (χ0v) is 16.8. The number of nitrogens with zero attached hydrogens (tertiary/aromatic N) is 1. The van der Waals surface area contributed by atoms with E-state index in [1.807, 2.05) is 0 Å². The van der Waals surface area contributed by atoms with E-state index in [1.54, 1.807) is 6.42 Å². The maximum absolute atomic E-state index is 9.71. The van der Waals surface area contributed by atoms with Gasteiger partial charge in [0.25, 0.3) is 0 Å². The van der Waals surface area contributed by atoms with E-state index in [0.29, 0.717) is 23.9 Å². The van der Waals surface area contributed by atoms with Crippen molar-refractivity contribution >= 4 is 0 Å². The Bertz CT molecular complexity index is 574. The number of nitrogens with two attached hydrogens (primary N) is 1. The van der Waals surface area contributed by atoms with Gasteiger partial charge in [-0.1, -0.05) is 0 Å². The second-order valence-corrected chi connectivity index (χ2v) is 11.7. The predicted molar refractivity (Wildman–Crippen MR) is 107 cm³/mol. The molecule has 9 saturated carbocycles. The first kappa shape index (κ1) is 17.3. The van der Waals surface area contributed by atoms with Crippen LogP contribution in [0.2, 0.25) is 0 Å². The van der Waals surface area contributed by atoms with E-state index in [1.165, 1.54) is 70.6 Å². The molecule has 3 heteroatoms. The fraction of sp³-hybridized carbons (Fsp3) is 0.958. The molecule has 0 aromatic carbocycles. The quantitative estimate of drug-likeness (QED) is 0.768. The fourth-order valence-corrected chi connectivity index (χ4v) is 8.91. The summed E-state index contributed by atoms with van der Waals surface area (Å²) < 4.78 is 0. The minimum absolute atomic E-state index is 0.116. The number of hydrogen-bond acceptors (Lipinski definition) is 3. The molecule has 0 aliphatic heterocycles. The Labute approximate surface area is 164 Å². The number of hydrogen-bond donors (Lipinski definition) is 2. The average molecular weight is 368 g/mol. The smallest absolute Gasteiger partial charge is 0.112 e. The van der Waals surface area contributed by atoms with Gasteiger partial charge in [-0.3, -0.25) is 5.32 Å². The normalized spacial score (nSPS) is 56.5. The van der Waals surface area contributed by atoms with Gasteiger partial charge >= 0.3 is 0 Å². The van der Waals surface area contributed by atoms with Crippen LogP contribution in [0.5, 0.6) is 0 Å². The second kappa shape index (κ2) is 6.20. The van der Waals surface area contributed by atoms with Crippen LogP contribution in [-0.2, 0) is 0 Å². The zero-order chi connectivity index (χ0) is 18.2. The largest absolute Gasteiger partial charge is 0.327 e. The van der Waals surface area contributed by atoms with Crippen molar-refractivity contribution in [2.75, 3.05) is 0 Å². The summed E-state index contributed by atoms with van der Waals surface area (Å²) in [4.78, 5) is 0. The van der Waals surface area contributed by atoms with Gasteiger partial charge in [0, 0.05) is 12.1 Å². The number of nitriles is 1. The maximum Gasteiger partial charge on any atom is 0.112 e. The molecular weight excluding hydrogens is 330 g/mol. The van der Waals surface area contributed by atoms with Crippen LogP contribution in [0.15, 0.2) is 0 Å². The van der Waals surface area contributed by atoms with Gasteiger partial charge in [0.15, 0.2) is 0 Å². The van der Waals surface area contributed by atoms with Crippen LogP contribution >= 0.6 is 0 Å². The van der Waals surface area contributed by atoms with Crippen LogP contribution < -0.4 is 11.1 Å². The standard InChI is InChI=1S/C14H20N2.C10H17N/c15-8-14(16-13-1-2-13)11-4-9-3-10(6-11)7-12(14)5-9;11-10-8-2-6-1-7(4-8)5-9(10)3-6/h9-13,16H,1-7H2;6-10H,1-5,11H2. The first-order valence-electron chi connectivity index (χ1n) is 12.1. The van der Waals surface area contributed by atoms with Crippen molar-refractivity contribution in [1.29, 1.82) is 5.26 Å². The minimum Gasteiger partial charge on any atom is -0.327 e. The molecule has 0 aromatic heterocycles. The van der Waals surface area contributed by atoms with Crippen molar-refractivity contribution < 1.29 is 0 Å². The highest BCUT2D eigenvalue weighted by Crippen LogP contribution is 2.58. The summed E-state index contributed by atoms with van der Waals surface area (Å²) in [6.07, 6.45) is 16.8. The molecular formula is C24H37N3. The summed E-state index contributed by atoms with van der Waals surface area (Å²) in [6, 6.07) is 3.98. The summed E-state index contributed by atoms with van der Waals surface area (Å²) in [5, 5.41) is 13.5. The van der Waals surface area contributed by atoms with Crippen molar-refractivity contribution in [1.82, 2.24) is 5.32 Å². The lowest BCUT2D eigenvalue weighted by Gasteiger charge is -2.58. The zero-order valence-electron chi connectivity index (χ0n) is 16.8. The molecule has 0 unspecified atom stereocenters. The molecule has 3 nitrogen and oxygen atoms in total. The van der Waals surface area contributed by atoms with Gasteiger partial charge in [0.1, 0.15) is 5.54 Å². The van der Waals surface area contributed by atoms with E-state index >= 15 is 0 Å². The molecule has 0 amide bonds. The minimum atomic E-state index is -0.116. The molecule has 27 heavy (non-hydrogen) atoms. The van der Waals surface area contributed by atoms with Crippen LogP contribution in [0.1, 0.15) is 77.0 Å². The molecule has 3 N–H and O–H groups in total. The molecule has 0 saturated heterocycles.